The zero-order valence-electron chi connectivity index (χ0n) is 11.0. The molecule has 0 bridgehead atoms. The highest BCUT2D eigenvalue weighted by Crippen LogP contribution is 2.39. The summed E-state index contributed by atoms with van der Waals surface area (Å²) in [6.07, 6.45) is 1.37. The van der Waals surface area contributed by atoms with Crippen molar-refractivity contribution >= 4 is 19.8 Å². The second kappa shape index (κ2) is 7.96. The molecular formula is C11H17O8P. The molecule has 20 heavy (non-hydrogen) atoms. The van der Waals surface area contributed by atoms with Gasteiger partial charge in [-0.2, -0.15) is 0 Å². The summed E-state index contributed by atoms with van der Waals surface area (Å²) < 4.78 is 15.3. The molecule has 0 unspecified atom stereocenters. The van der Waals surface area contributed by atoms with E-state index in [1.54, 1.807) is 0 Å². The molecule has 0 spiro atoms. The highest BCUT2D eigenvalue weighted by atomic mass is 31.2. The molecule has 0 atom stereocenters. The summed E-state index contributed by atoms with van der Waals surface area (Å²) in [6.45, 7) is 2.66. The quantitative estimate of drug-likeness (QED) is 0.388. The van der Waals surface area contributed by atoms with Crippen LogP contribution in [0.5, 0.6) is 0 Å². The summed E-state index contributed by atoms with van der Waals surface area (Å²) in [5.74, 6) is -2.31. The largest absolute Gasteiger partial charge is 0.478 e. The van der Waals surface area contributed by atoms with Crippen molar-refractivity contribution in [1.29, 1.82) is 0 Å². The first-order valence-corrected chi connectivity index (χ1v) is 7.10. The Hall–Kier alpha value is -1.47. The maximum absolute atomic E-state index is 10.8. The number of carboxylic acids is 2. The van der Waals surface area contributed by atoms with Crippen molar-refractivity contribution in [2.24, 2.45) is 0 Å². The number of hydrogen-bond donors (Lipinski definition) is 4. The van der Waals surface area contributed by atoms with Gasteiger partial charge < -0.3 is 20.0 Å². The first-order chi connectivity index (χ1) is 9.03. The second-order valence-corrected chi connectivity index (χ2v) is 5.27. The van der Waals surface area contributed by atoms with Gasteiger partial charge in [0.1, 0.15) is 0 Å². The van der Waals surface area contributed by atoms with Crippen molar-refractivity contribution < 1.29 is 38.7 Å². The van der Waals surface area contributed by atoms with E-state index >= 15 is 0 Å². The van der Waals surface area contributed by atoms with Crippen molar-refractivity contribution in [2.45, 2.75) is 32.8 Å². The lowest BCUT2D eigenvalue weighted by atomic mass is 10.1. The molecule has 0 rings (SSSR count). The van der Waals surface area contributed by atoms with Gasteiger partial charge in [-0.05, 0) is 26.7 Å². The van der Waals surface area contributed by atoms with Crippen LogP contribution in [0.3, 0.4) is 0 Å². The third-order valence-electron chi connectivity index (χ3n) is 2.33. The predicted molar refractivity (Wildman–Crippen MR) is 68.9 cm³/mol. The number of rotatable bonds is 8. The number of phosphoric ester groups is 1. The highest BCUT2D eigenvalue weighted by molar-refractivity contribution is 7.46. The fourth-order valence-electron chi connectivity index (χ4n) is 1.17. The fourth-order valence-corrected chi connectivity index (χ4v) is 1.73. The van der Waals surface area contributed by atoms with E-state index in [0.717, 1.165) is 0 Å². The lowest BCUT2D eigenvalue weighted by molar-refractivity contribution is -0.133. The van der Waals surface area contributed by atoms with Crippen LogP contribution in [-0.2, 0) is 18.7 Å². The molecule has 4 N–H and O–H groups in total. The van der Waals surface area contributed by atoms with Gasteiger partial charge in [-0.25, -0.2) is 14.2 Å². The van der Waals surface area contributed by atoms with Crippen LogP contribution in [0.25, 0.3) is 0 Å². The Morgan fingerprint density at radius 3 is 1.65 bits per heavy atom. The van der Waals surface area contributed by atoms with Gasteiger partial charge >= 0.3 is 19.8 Å². The van der Waals surface area contributed by atoms with Crippen LogP contribution in [0.1, 0.15) is 26.7 Å². The first kappa shape index (κ1) is 18.5. The molecule has 0 aromatic heterocycles. The normalized spacial score (nSPS) is 15.0. The van der Waals surface area contributed by atoms with Gasteiger partial charge in [-0.15, -0.1) is 0 Å². The summed E-state index contributed by atoms with van der Waals surface area (Å²) >= 11 is 0. The number of carboxylic acid groups (broad SMARTS) is 2. The molecule has 0 fully saturated rings. The summed E-state index contributed by atoms with van der Waals surface area (Å²) in [6, 6.07) is 0. The predicted octanol–water partition coefficient (Wildman–Crippen LogP) is 1.31. The molecule has 0 saturated carbocycles. The van der Waals surface area contributed by atoms with E-state index in [1.807, 2.05) is 0 Å². The van der Waals surface area contributed by atoms with E-state index < -0.39 is 25.9 Å². The third kappa shape index (κ3) is 8.60. The fraction of sp³-hybridized carbons (Fsp3) is 0.455. The molecular weight excluding hydrogens is 291 g/mol. The standard InChI is InChI=1S/C11H17O8P/c1-7(10(12)13)3-5-9(19-20(16,17)18)6-4-8(2)11(14)15/h3-4,9H,5-6H2,1-2H3,(H,12,13)(H,14,15)(H2,16,17,18). The summed E-state index contributed by atoms with van der Waals surface area (Å²) in [7, 11) is -4.74. The number of carbonyl (C=O) groups is 2. The minimum atomic E-state index is -4.74. The van der Waals surface area contributed by atoms with E-state index in [1.165, 1.54) is 26.0 Å². The van der Waals surface area contributed by atoms with Crippen molar-refractivity contribution in [3.05, 3.63) is 23.3 Å². The maximum Gasteiger partial charge on any atom is 0.469 e. The average Bonchev–Trinajstić information content (AvgIpc) is 2.29. The Morgan fingerprint density at radius 1 is 1.05 bits per heavy atom. The lowest BCUT2D eigenvalue weighted by Gasteiger charge is -2.15. The summed E-state index contributed by atoms with van der Waals surface area (Å²) in [4.78, 5) is 38.7. The van der Waals surface area contributed by atoms with E-state index in [9.17, 15) is 14.2 Å². The van der Waals surface area contributed by atoms with Gasteiger partial charge in [-0.3, -0.25) is 4.52 Å². The molecule has 0 heterocycles. The van der Waals surface area contributed by atoms with E-state index in [-0.39, 0.29) is 24.0 Å². The van der Waals surface area contributed by atoms with E-state index in [2.05, 4.69) is 4.52 Å². The molecule has 0 radical (unpaired) electrons. The molecule has 114 valence electrons. The topological polar surface area (TPSA) is 141 Å². The monoisotopic (exact) mass is 308 g/mol. The van der Waals surface area contributed by atoms with Gasteiger partial charge in [-0.1, -0.05) is 12.2 Å². The van der Waals surface area contributed by atoms with Crippen LogP contribution in [-0.4, -0.2) is 38.0 Å². The van der Waals surface area contributed by atoms with E-state index in [4.69, 9.17) is 20.0 Å². The van der Waals surface area contributed by atoms with Gasteiger partial charge in [0, 0.05) is 11.1 Å². The Balaban J connectivity index is 4.87. The van der Waals surface area contributed by atoms with Gasteiger partial charge in [0.15, 0.2) is 0 Å². The highest BCUT2D eigenvalue weighted by Gasteiger charge is 2.21. The molecule has 0 aliphatic heterocycles. The second-order valence-electron chi connectivity index (χ2n) is 4.07. The lowest BCUT2D eigenvalue weighted by Crippen LogP contribution is -2.11. The van der Waals surface area contributed by atoms with Crippen molar-refractivity contribution in [1.82, 2.24) is 0 Å². The van der Waals surface area contributed by atoms with Crippen LogP contribution in [0.2, 0.25) is 0 Å². The maximum atomic E-state index is 10.8. The van der Waals surface area contributed by atoms with Crippen LogP contribution in [0.4, 0.5) is 0 Å². The Kier molecular flexibility index (Phi) is 7.38. The number of hydrogen-bond acceptors (Lipinski definition) is 4. The summed E-state index contributed by atoms with van der Waals surface area (Å²) in [5.41, 5.74) is 0.00601. The Morgan fingerprint density at radius 2 is 1.40 bits per heavy atom. The molecule has 0 aromatic carbocycles. The van der Waals surface area contributed by atoms with Crippen molar-refractivity contribution in [2.75, 3.05) is 0 Å². The zero-order chi connectivity index (χ0) is 15.9. The third-order valence-corrected chi connectivity index (χ3v) is 2.91. The minimum absolute atomic E-state index is 0.00301. The minimum Gasteiger partial charge on any atom is -0.478 e. The van der Waals surface area contributed by atoms with Crippen molar-refractivity contribution in [3.63, 3.8) is 0 Å². The van der Waals surface area contributed by atoms with Gasteiger partial charge in [0.05, 0.1) is 6.10 Å². The van der Waals surface area contributed by atoms with Crippen LogP contribution in [0, 0.1) is 0 Å². The Labute approximate surface area is 115 Å². The molecule has 8 nitrogen and oxygen atoms in total. The molecule has 0 aliphatic rings. The molecule has 0 amide bonds. The molecule has 0 aromatic rings. The SMILES string of the molecule is CC(=CCC(CC=C(C)C(=O)O)OP(=O)(O)O)C(=O)O. The van der Waals surface area contributed by atoms with Crippen LogP contribution >= 0.6 is 7.82 Å². The van der Waals surface area contributed by atoms with Gasteiger partial charge in [0.2, 0.25) is 0 Å². The number of phosphoric acid groups is 1. The van der Waals surface area contributed by atoms with Crippen molar-refractivity contribution in [3.8, 4) is 0 Å². The first-order valence-electron chi connectivity index (χ1n) is 5.57. The molecule has 0 saturated heterocycles. The van der Waals surface area contributed by atoms with Crippen LogP contribution in [0.15, 0.2) is 23.3 Å². The van der Waals surface area contributed by atoms with E-state index in [0.29, 0.717) is 0 Å². The average molecular weight is 308 g/mol. The number of aliphatic carboxylic acids is 2. The Bertz CT molecular complexity index is 441. The zero-order valence-corrected chi connectivity index (χ0v) is 11.9. The molecule has 0 aliphatic carbocycles. The van der Waals surface area contributed by atoms with Gasteiger partial charge in [0.25, 0.3) is 0 Å². The smallest absolute Gasteiger partial charge is 0.469 e. The summed E-state index contributed by atoms with van der Waals surface area (Å²) in [5, 5.41) is 17.3. The molecule has 9 heteroatoms. The van der Waals surface area contributed by atoms with Crippen LogP contribution < -0.4 is 0 Å².